The highest BCUT2D eigenvalue weighted by molar-refractivity contribution is 5.95. The maximum atomic E-state index is 12.5. The summed E-state index contributed by atoms with van der Waals surface area (Å²) in [4.78, 5) is 12.5. The van der Waals surface area contributed by atoms with Crippen LogP contribution in [0.15, 0.2) is 42.5 Å². The predicted molar refractivity (Wildman–Crippen MR) is 92.0 cm³/mol. The number of rotatable bonds is 6. The molecule has 2 aromatic rings. The van der Waals surface area contributed by atoms with Gasteiger partial charge in [-0.05, 0) is 30.0 Å². The fourth-order valence-electron chi connectivity index (χ4n) is 2.82. The Labute approximate surface area is 141 Å². The van der Waals surface area contributed by atoms with Gasteiger partial charge < -0.3 is 19.5 Å². The van der Waals surface area contributed by atoms with Crippen molar-refractivity contribution in [3.63, 3.8) is 0 Å². The lowest BCUT2D eigenvalue weighted by Crippen LogP contribution is -2.14. The summed E-state index contributed by atoms with van der Waals surface area (Å²) in [5, 5.41) is 2.95. The molecule has 2 aromatic carbocycles. The minimum Gasteiger partial charge on any atom is -0.497 e. The SMILES string of the molecule is COc1ccc(C2CC2C(=O)Nc2cc(OC)cc(OC)c2)cc1. The lowest BCUT2D eigenvalue weighted by atomic mass is 10.1. The van der Waals surface area contributed by atoms with Crippen LogP contribution in [0.5, 0.6) is 17.2 Å². The van der Waals surface area contributed by atoms with E-state index in [4.69, 9.17) is 14.2 Å². The molecule has 2 atom stereocenters. The summed E-state index contributed by atoms with van der Waals surface area (Å²) in [7, 11) is 4.81. The maximum Gasteiger partial charge on any atom is 0.228 e. The van der Waals surface area contributed by atoms with E-state index in [1.807, 2.05) is 24.3 Å². The van der Waals surface area contributed by atoms with Gasteiger partial charge in [0.25, 0.3) is 0 Å². The molecule has 0 heterocycles. The summed E-state index contributed by atoms with van der Waals surface area (Å²) in [6, 6.07) is 13.2. The zero-order chi connectivity index (χ0) is 17.1. The highest BCUT2D eigenvalue weighted by Gasteiger charge is 2.43. The average molecular weight is 327 g/mol. The number of carbonyl (C=O) groups is 1. The van der Waals surface area contributed by atoms with Gasteiger partial charge in [-0.25, -0.2) is 0 Å². The number of anilines is 1. The molecule has 126 valence electrons. The summed E-state index contributed by atoms with van der Waals surface area (Å²) >= 11 is 0. The molecule has 1 aliphatic carbocycles. The molecule has 1 aliphatic rings. The van der Waals surface area contributed by atoms with Gasteiger partial charge in [0, 0.05) is 29.8 Å². The largest absolute Gasteiger partial charge is 0.497 e. The second-order valence-corrected chi connectivity index (χ2v) is 5.81. The molecule has 0 saturated heterocycles. The molecule has 24 heavy (non-hydrogen) atoms. The zero-order valence-electron chi connectivity index (χ0n) is 14.0. The topological polar surface area (TPSA) is 56.8 Å². The summed E-state index contributed by atoms with van der Waals surface area (Å²) in [5.74, 6) is 2.40. The number of methoxy groups -OCH3 is 3. The Kier molecular flexibility index (Phi) is 4.60. The summed E-state index contributed by atoms with van der Waals surface area (Å²) in [6.07, 6.45) is 0.860. The van der Waals surface area contributed by atoms with Gasteiger partial charge >= 0.3 is 0 Å². The van der Waals surface area contributed by atoms with Crippen LogP contribution in [-0.2, 0) is 4.79 Å². The highest BCUT2D eigenvalue weighted by Crippen LogP contribution is 2.48. The van der Waals surface area contributed by atoms with Crippen LogP contribution >= 0.6 is 0 Å². The Hall–Kier alpha value is -2.69. The Balaban J connectivity index is 1.66. The number of benzene rings is 2. The normalized spacial score (nSPS) is 18.6. The van der Waals surface area contributed by atoms with Gasteiger partial charge in [-0.2, -0.15) is 0 Å². The van der Waals surface area contributed by atoms with Crippen LogP contribution < -0.4 is 19.5 Å². The predicted octanol–water partition coefficient (Wildman–Crippen LogP) is 3.45. The van der Waals surface area contributed by atoms with E-state index in [0.29, 0.717) is 17.2 Å². The molecular weight excluding hydrogens is 306 g/mol. The number of hydrogen-bond acceptors (Lipinski definition) is 4. The minimum absolute atomic E-state index is 0.00408. The van der Waals surface area contributed by atoms with E-state index in [1.165, 1.54) is 5.56 Å². The second kappa shape index (κ2) is 6.83. The van der Waals surface area contributed by atoms with Crippen molar-refractivity contribution in [1.29, 1.82) is 0 Å². The Bertz CT molecular complexity index is 704. The second-order valence-electron chi connectivity index (χ2n) is 5.81. The van der Waals surface area contributed by atoms with E-state index < -0.39 is 0 Å². The molecule has 1 amide bonds. The van der Waals surface area contributed by atoms with E-state index in [2.05, 4.69) is 5.32 Å². The standard InChI is InChI=1S/C19H21NO4/c1-22-14-6-4-12(5-7-14)17-11-18(17)19(21)20-13-8-15(23-2)10-16(9-13)24-3/h4-10,17-18H,11H2,1-3H3,(H,20,21). The van der Waals surface area contributed by atoms with Crippen molar-refractivity contribution in [3.05, 3.63) is 48.0 Å². The molecule has 1 N–H and O–H groups in total. The van der Waals surface area contributed by atoms with Crippen molar-refractivity contribution in [2.24, 2.45) is 5.92 Å². The number of ether oxygens (including phenoxy) is 3. The van der Waals surface area contributed by atoms with Crippen LogP contribution in [-0.4, -0.2) is 27.2 Å². The molecular formula is C19H21NO4. The van der Waals surface area contributed by atoms with Gasteiger partial charge in [-0.1, -0.05) is 12.1 Å². The highest BCUT2D eigenvalue weighted by atomic mass is 16.5. The van der Waals surface area contributed by atoms with E-state index >= 15 is 0 Å². The molecule has 5 nitrogen and oxygen atoms in total. The molecule has 3 rings (SSSR count). The summed E-state index contributed by atoms with van der Waals surface area (Å²) in [5.41, 5.74) is 1.84. The number of hydrogen-bond donors (Lipinski definition) is 1. The summed E-state index contributed by atoms with van der Waals surface area (Å²) in [6.45, 7) is 0. The Morgan fingerprint density at radius 2 is 1.50 bits per heavy atom. The lowest BCUT2D eigenvalue weighted by molar-refractivity contribution is -0.117. The first-order chi connectivity index (χ1) is 11.6. The number of nitrogens with one attached hydrogen (secondary N) is 1. The first-order valence-electron chi connectivity index (χ1n) is 7.82. The molecule has 0 aliphatic heterocycles. The average Bonchev–Trinajstić information content (AvgIpc) is 3.42. The van der Waals surface area contributed by atoms with Gasteiger partial charge in [-0.15, -0.1) is 0 Å². The van der Waals surface area contributed by atoms with Gasteiger partial charge in [0.05, 0.1) is 21.3 Å². The molecule has 0 spiro atoms. The van der Waals surface area contributed by atoms with Crippen molar-refractivity contribution >= 4 is 11.6 Å². The van der Waals surface area contributed by atoms with Crippen molar-refractivity contribution in [1.82, 2.24) is 0 Å². The fourth-order valence-corrected chi connectivity index (χ4v) is 2.82. The van der Waals surface area contributed by atoms with Gasteiger partial charge in [0.1, 0.15) is 17.2 Å². The van der Waals surface area contributed by atoms with Crippen LogP contribution in [0.25, 0.3) is 0 Å². The van der Waals surface area contributed by atoms with E-state index in [1.54, 1.807) is 39.5 Å². The Morgan fingerprint density at radius 1 is 0.917 bits per heavy atom. The molecule has 0 radical (unpaired) electrons. The van der Waals surface area contributed by atoms with Gasteiger partial charge in [0.15, 0.2) is 0 Å². The van der Waals surface area contributed by atoms with Crippen LogP contribution in [0.4, 0.5) is 5.69 Å². The molecule has 0 aromatic heterocycles. The smallest absolute Gasteiger partial charge is 0.228 e. The molecule has 1 saturated carbocycles. The van der Waals surface area contributed by atoms with Crippen LogP contribution in [0.3, 0.4) is 0 Å². The van der Waals surface area contributed by atoms with Crippen molar-refractivity contribution in [2.75, 3.05) is 26.6 Å². The van der Waals surface area contributed by atoms with Gasteiger partial charge in [-0.3, -0.25) is 4.79 Å². The van der Waals surface area contributed by atoms with E-state index in [-0.39, 0.29) is 17.7 Å². The Morgan fingerprint density at radius 3 is 2.04 bits per heavy atom. The van der Waals surface area contributed by atoms with Crippen molar-refractivity contribution < 1.29 is 19.0 Å². The first-order valence-corrected chi connectivity index (χ1v) is 7.82. The van der Waals surface area contributed by atoms with Crippen LogP contribution in [0.1, 0.15) is 17.9 Å². The zero-order valence-corrected chi connectivity index (χ0v) is 14.0. The summed E-state index contributed by atoms with van der Waals surface area (Å²) < 4.78 is 15.6. The van der Waals surface area contributed by atoms with E-state index in [0.717, 1.165) is 12.2 Å². The quantitative estimate of drug-likeness (QED) is 0.883. The van der Waals surface area contributed by atoms with Crippen LogP contribution in [0, 0.1) is 5.92 Å². The van der Waals surface area contributed by atoms with Gasteiger partial charge in [0.2, 0.25) is 5.91 Å². The molecule has 5 heteroatoms. The van der Waals surface area contributed by atoms with Crippen molar-refractivity contribution in [3.8, 4) is 17.2 Å². The molecule has 1 fully saturated rings. The first kappa shape index (κ1) is 16.2. The van der Waals surface area contributed by atoms with Crippen LogP contribution in [0.2, 0.25) is 0 Å². The fraction of sp³-hybridized carbons (Fsp3) is 0.316. The lowest BCUT2D eigenvalue weighted by Gasteiger charge is -2.10. The third-order valence-electron chi connectivity index (χ3n) is 4.29. The molecule has 2 unspecified atom stereocenters. The molecule has 0 bridgehead atoms. The van der Waals surface area contributed by atoms with Crippen molar-refractivity contribution in [2.45, 2.75) is 12.3 Å². The third-order valence-corrected chi connectivity index (χ3v) is 4.29. The monoisotopic (exact) mass is 327 g/mol. The van der Waals surface area contributed by atoms with E-state index in [9.17, 15) is 4.79 Å². The minimum atomic E-state index is -0.00408. The third kappa shape index (κ3) is 3.45. The maximum absolute atomic E-state index is 12.5. The number of amides is 1. The number of carbonyl (C=O) groups excluding carboxylic acids is 1.